The molecule has 80 valence electrons. The van der Waals surface area contributed by atoms with Gasteiger partial charge in [-0.1, -0.05) is 0 Å². The molecule has 4 atom stereocenters. The van der Waals surface area contributed by atoms with E-state index in [0.717, 1.165) is 12.8 Å². The van der Waals surface area contributed by atoms with Crippen molar-refractivity contribution in [2.75, 3.05) is 14.2 Å². The summed E-state index contributed by atoms with van der Waals surface area (Å²) in [5.41, 5.74) is 0. The van der Waals surface area contributed by atoms with Crippen molar-refractivity contribution >= 4 is 5.97 Å². The number of piperidine rings is 1. The van der Waals surface area contributed by atoms with Gasteiger partial charge in [0.1, 0.15) is 0 Å². The van der Waals surface area contributed by atoms with Crippen molar-refractivity contribution in [3.8, 4) is 0 Å². The second-order valence-electron chi connectivity index (χ2n) is 4.32. The molecule has 4 heteroatoms. The summed E-state index contributed by atoms with van der Waals surface area (Å²) in [6, 6.07) is 0.632. The molecule has 0 unspecified atom stereocenters. The Hall–Kier alpha value is -0.610. The first-order valence-corrected chi connectivity index (χ1v) is 5.13. The first-order chi connectivity index (χ1) is 6.65. The molecule has 2 aliphatic heterocycles. The van der Waals surface area contributed by atoms with Gasteiger partial charge in [0.05, 0.1) is 19.1 Å². The number of hydrogen-bond donors (Lipinski definition) is 1. The molecule has 0 aromatic rings. The zero-order valence-corrected chi connectivity index (χ0v) is 8.64. The molecule has 14 heavy (non-hydrogen) atoms. The van der Waals surface area contributed by atoms with Crippen molar-refractivity contribution < 1.29 is 14.6 Å². The van der Waals surface area contributed by atoms with E-state index in [1.807, 2.05) is 7.05 Å². The lowest BCUT2D eigenvalue weighted by molar-refractivity contribution is -0.155. The molecule has 0 aromatic carbocycles. The Kier molecular flexibility index (Phi) is 2.49. The smallest absolute Gasteiger partial charge is 0.312 e. The minimum Gasteiger partial charge on any atom is -0.469 e. The molecule has 0 radical (unpaired) electrons. The predicted octanol–water partition coefficient (Wildman–Crippen LogP) is 0.00300. The lowest BCUT2D eigenvalue weighted by Crippen LogP contribution is -2.52. The predicted molar refractivity (Wildman–Crippen MR) is 50.7 cm³/mol. The van der Waals surface area contributed by atoms with Gasteiger partial charge in [0.25, 0.3) is 0 Å². The number of aliphatic hydroxyl groups excluding tert-OH is 1. The highest BCUT2D eigenvalue weighted by Crippen LogP contribution is 2.38. The number of rotatable bonds is 1. The summed E-state index contributed by atoms with van der Waals surface area (Å²) >= 11 is 0. The van der Waals surface area contributed by atoms with Gasteiger partial charge in [-0.25, -0.2) is 0 Å². The average Bonchev–Trinajstić information content (AvgIpc) is 2.42. The van der Waals surface area contributed by atoms with Crippen molar-refractivity contribution in [1.82, 2.24) is 4.90 Å². The Morgan fingerprint density at radius 1 is 1.50 bits per heavy atom. The van der Waals surface area contributed by atoms with E-state index >= 15 is 0 Å². The molecule has 0 saturated carbocycles. The summed E-state index contributed by atoms with van der Waals surface area (Å²) in [6.07, 6.45) is 2.27. The molecular weight excluding hydrogens is 182 g/mol. The van der Waals surface area contributed by atoms with Crippen LogP contribution < -0.4 is 0 Å². The fraction of sp³-hybridized carbons (Fsp3) is 0.900. The quantitative estimate of drug-likeness (QED) is 0.604. The molecule has 2 aliphatic rings. The topological polar surface area (TPSA) is 49.8 Å². The summed E-state index contributed by atoms with van der Waals surface area (Å²) < 4.78 is 4.73. The molecule has 2 rings (SSSR count). The number of ether oxygens (including phenoxy) is 1. The van der Waals surface area contributed by atoms with Crippen LogP contribution in [0.2, 0.25) is 0 Å². The summed E-state index contributed by atoms with van der Waals surface area (Å²) in [5.74, 6) is -0.613. The first-order valence-electron chi connectivity index (χ1n) is 5.13. The maximum absolute atomic E-state index is 11.5. The molecule has 2 saturated heterocycles. The van der Waals surface area contributed by atoms with Crippen molar-refractivity contribution in [2.24, 2.45) is 5.92 Å². The van der Waals surface area contributed by atoms with E-state index in [1.165, 1.54) is 7.11 Å². The molecule has 0 amide bonds. The summed E-state index contributed by atoms with van der Waals surface area (Å²) in [7, 11) is 3.42. The summed E-state index contributed by atoms with van der Waals surface area (Å²) in [5, 5.41) is 9.84. The normalized spacial score (nSPS) is 42.5. The van der Waals surface area contributed by atoms with Crippen LogP contribution >= 0.6 is 0 Å². The molecule has 2 heterocycles. The number of fused-ring (bicyclic) bond motifs is 2. The van der Waals surface area contributed by atoms with E-state index in [0.29, 0.717) is 12.5 Å². The third-order valence-corrected chi connectivity index (χ3v) is 3.71. The molecule has 4 nitrogen and oxygen atoms in total. The van der Waals surface area contributed by atoms with Gasteiger partial charge >= 0.3 is 5.97 Å². The van der Waals surface area contributed by atoms with Crippen LogP contribution in [-0.4, -0.2) is 48.3 Å². The lowest BCUT2D eigenvalue weighted by Gasteiger charge is -2.39. The van der Waals surface area contributed by atoms with E-state index in [9.17, 15) is 9.90 Å². The van der Waals surface area contributed by atoms with E-state index in [1.54, 1.807) is 0 Å². The van der Waals surface area contributed by atoms with E-state index < -0.39 is 6.10 Å². The SMILES string of the molecule is COC(=O)[C@H]1[C@H](O)C[C@H]2CC[C@@H]1N2C. The Morgan fingerprint density at radius 2 is 2.21 bits per heavy atom. The Balaban J connectivity index is 2.18. The van der Waals surface area contributed by atoms with Crippen LogP contribution in [0, 0.1) is 5.92 Å². The average molecular weight is 199 g/mol. The number of methoxy groups -OCH3 is 1. The maximum atomic E-state index is 11.5. The minimum absolute atomic E-state index is 0.177. The second kappa shape index (κ2) is 3.51. The van der Waals surface area contributed by atoms with Gasteiger partial charge in [0.2, 0.25) is 0 Å². The van der Waals surface area contributed by atoms with Crippen LogP contribution in [-0.2, 0) is 9.53 Å². The van der Waals surface area contributed by atoms with E-state index in [2.05, 4.69) is 4.90 Å². The molecule has 2 bridgehead atoms. The maximum Gasteiger partial charge on any atom is 0.312 e. The Morgan fingerprint density at radius 3 is 2.86 bits per heavy atom. The molecule has 0 aromatic heterocycles. The standard InChI is InChI=1S/C10H17NO3/c1-11-6-3-4-7(11)9(8(12)5-6)10(13)14-2/h6-9,12H,3-5H2,1-2H3/t6-,7+,8-,9-/m1/s1. The van der Waals surface area contributed by atoms with Crippen molar-refractivity contribution in [2.45, 2.75) is 37.5 Å². The number of carbonyl (C=O) groups excluding carboxylic acids is 1. The second-order valence-corrected chi connectivity index (χ2v) is 4.32. The monoisotopic (exact) mass is 199 g/mol. The number of esters is 1. The molecular formula is C10H17NO3. The molecule has 0 aliphatic carbocycles. The molecule has 2 fully saturated rings. The van der Waals surface area contributed by atoms with Crippen molar-refractivity contribution in [3.63, 3.8) is 0 Å². The van der Waals surface area contributed by atoms with Crippen LogP contribution in [0.15, 0.2) is 0 Å². The van der Waals surface area contributed by atoms with E-state index in [4.69, 9.17) is 4.74 Å². The number of carbonyl (C=O) groups is 1. The summed E-state index contributed by atoms with van der Waals surface area (Å²) in [4.78, 5) is 13.7. The van der Waals surface area contributed by atoms with Crippen molar-refractivity contribution in [3.05, 3.63) is 0 Å². The van der Waals surface area contributed by atoms with E-state index in [-0.39, 0.29) is 17.9 Å². The fourth-order valence-corrected chi connectivity index (χ4v) is 2.89. The zero-order chi connectivity index (χ0) is 10.3. The molecule has 1 N–H and O–H groups in total. The van der Waals surface area contributed by atoms with Crippen LogP contribution in [0.4, 0.5) is 0 Å². The van der Waals surface area contributed by atoms with Gasteiger partial charge < -0.3 is 9.84 Å². The number of nitrogens with zero attached hydrogens (tertiary/aromatic N) is 1. The van der Waals surface area contributed by atoms with Gasteiger partial charge in [-0.05, 0) is 26.3 Å². The van der Waals surface area contributed by atoms with Crippen LogP contribution in [0.5, 0.6) is 0 Å². The third-order valence-electron chi connectivity index (χ3n) is 3.71. The minimum atomic E-state index is -0.517. The largest absolute Gasteiger partial charge is 0.469 e. The van der Waals surface area contributed by atoms with Gasteiger partial charge in [-0.3, -0.25) is 9.69 Å². The van der Waals surface area contributed by atoms with Crippen molar-refractivity contribution in [1.29, 1.82) is 0 Å². The van der Waals surface area contributed by atoms with Gasteiger partial charge in [-0.2, -0.15) is 0 Å². The highest BCUT2D eigenvalue weighted by atomic mass is 16.5. The Bertz CT molecular complexity index is 244. The molecule has 0 spiro atoms. The highest BCUT2D eigenvalue weighted by Gasteiger charge is 2.48. The first kappa shape index (κ1) is 9.93. The van der Waals surface area contributed by atoms with Gasteiger partial charge in [0, 0.05) is 12.1 Å². The van der Waals surface area contributed by atoms with Gasteiger partial charge in [-0.15, -0.1) is 0 Å². The third kappa shape index (κ3) is 1.33. The lowest BCUT2D eigenvalue weighted by atomic mass is 9.88. The number of aliphatic hydroxyl groups is 1. The fourth-order valence-electron chi connectivity index (χ4n) is 2.89. The van der Waals surface area contributed by atoms with Gasteiger partial charge in [0.15, 0.2) is 0 Å². The van der Waals surface area contributed by atoms with Crippen LogP contribution in [0.1, 0.15) is 19.3 Å². The zero-order valence-electron chi connectivity index (χ0n) is 8.64. The van der Waals surface area contributed by atoms with Crippen LogP contribution in [0.3, 0.4) is 0 Å². The summed E-state index contributed by atoms with van der Waals surface area (Å²) in [6.45, 7) is 0. The Labute approximate surface area is 83.8 Å². The van der Waals surface area contributed by atoms with Crippen LogP contribution in [0.25, 0.3) is 0 Å². The number of hydrogen-bond acceptors (Lipinski definition) is 4. The highest BCUT2D eigenvalue weighted by molar-refractivity contribution is 5.74.